The summed E-state index contributed by atoms with van der Waals surface area (Å²) in [6.07, 6.45) is -2.65. The number of nitrogens with zero attached hydrogens (tertiary/aromatic N) is 2. The van der Waals surface area contributed by atoms with Crippen LogP contribution in [0.2, 0.25) is 0 Å². The van der Waals surface area contributed by atoms with Gasteiger partial charge in [0.05, 0.1) is 24.6 Å². The lowest BCUT2D eigenvalue weighted by molar-refractivity contribution is -0.199. The first kappa shape index (κ1) is 39.4. The first-order valence-corrected chi connectivity index (χ1v) is 18.5. The van der Waals surface area contributed by atoms with Crippen LogP contribution in [0.15, 0.2) is 64.8 Å². The van der Waals surface area contributed by atoms with E-state index in [0.29, 0.717) is 17.4 Å². The first-order chi connectivity index (χ1) is 25.3. The Morgan fingerprint density at radius 3 is 2.13 bits per heavy atom. The number of carbonyl (C=O) groups excluding carboxylic acids is 4. The second-order valence-electron chi connectivity index (χ2n) is 16.2. The minimum absolute atomic E-state index is 0.0310. The molecule has 290 valence electrons. The summed E-state index contributed by atoms with van der Waals surface area (Å²) >= 11 is 0. The van der Waals surface area contributed by atoms with Crippen molar-refractivity contribution < 1.29 is 41.7 Å². The molecular formula is C38H48BF3N6O6. The summed E-state index contributed by atoms with van der Waals surface area (Å²) in [5.41, 5.74) is -1.77. The number of rotatable bonds is 14. The molecule has 2 aromatic rings. The van der Waals surface area contributed by atoms with Gasteiger partial charge in [0.15, 0.2) is 0 Å². The van der Waals surface area contributed by atoms with Gasteiger partial charge in [-0.1, -0.05) is 82.3 Å². The molecule has 2 heterocycles. The van der Waals surface area contributed by atoms with E-state index >= 15 is 0 Å². The lowest BCUT2D eigenvalue weighted by atomic mass is 9.43. The van der Waals surface area contributed by atoms with Crippen molar-refractivity contribution in [1.82, 2.24) is 21.3 Å². The van der Waals surface area contributed by atoms with Crippen LogP contribution in [0.5, 0.6) is 0 Å². The maximum absolute atomic E-state index is 13.7. The first-order valence-electron chi connectivity index (χ1n) is 18.5. The van der Waals surface area contributed by atoms with E-state index in [2.05, 4.69) is 52.3 Å². The highest BCUT2D eigenvalue weighted by Crippen LogP contribution is 2.65. The number of halogens is 3. The molecule has 0 aromatic heterocycles. The number of nitrogens with one attached hydrogen (secondary N) is 4. The smallest absolute Gasteiger partial charge is 0.404 e. The van der Waals surface area contributed by atoms with E-state index in [1.54, 1.807) is 32.9 Å². The van der Waals surface area contributed by atoms with Crippen molar-refractivity contribution in [2.45, 2.75) is 109 Å². The van der Waals surface area contributed by atoms with Gasteiger partial charge in [-0.15, -0.1) is 10.2 Å². The van der Waals surface area contributed by atoms with Crippen LogP contribution in [-0.4, -0.2) is 73.2 Å². The fourth-order valence-corrected chi connectivity index (χ4v) is 8.32. The van der Waals surface area contributed by atoms with Crippen molar-refractivity contribution in [2.24, 2.45) is 33.4 Å². The molecule has 16 heteroatoms. The average Bonchev–Trinajstić information content (AvgIpc) is 3.86. The Morgan fingerprint density at radius 2 is 1.54 bits per heavy atom. The van der Waals surface area contributed by atoms with Crippen LogP contribution in [0.25, 0.3) is 0 Å². The number of alkyl halides is 3. The van der Waals surface area contributed by atoms with Gasteiger partial charge in [-0.05, 0) is 61.0 Å². The third kappa shape index (κ3) is 7.77. The zero-order valence-corrected chi connectivity index (χ0v) is 31.3. The highest BCUT2D eigenvalue weighted by atomic mass is 19.4. The van der Waals surface area contributed by atoms with Crippen LogP contribution in [0.4, 0.5) is 13.2 Å². The number of hydrogen-bond acceptors (Lipinski definition) is 8. The molecule has 12 nitrogen and oxygen atoms in total. The van der Waals surface area contributed by atoms with Crippen molar-refractivity contribution >= 4 is 30.7 Å². The lowest BCUT2D eigenvalue weighted by Gasteiger charge is -2.64. The van der Waals surface area contributed by atoms with E-state index in [1.807, 2.05) is 18.2 Å². The van der Waals surface area contributed by atoms with E-state index in [-0.39, 0.29) is 36.4 Å². The standard InChI is InChI=1S/C38H48BF3N6O6/c1-21(2)31(46-30(49)17-24-12-14-25(15-13-24)37(47-48-37)38(40,41)42)34(52)45-27(16-23-10-8-7-9-11-23)33(51)44-22(3)32(50)43-20-39-53-29-19-26-18-28(35(26,4)5)36(29,6)54-39/h7-15,21-22,26-29,31H,16-20H2,1-6H3,(H,43,50)(H,44,51)(H,45,52)(H,46,49). The number of carbonyl (C=O) groups is 4. The molecule has 5 aliphatic rings. The molecule has 0 spiro atoms. The van der Waals surface area contributed by atoms with E-state index < -0.39 is 72.2 Å². The number of hydrogen-bond donors (Lipinski definition) is 4. The van der Waals surface area contributed by atoms with Crippen LogP contribution in [0.1, 0.15) is 71.1 Å². The van der Waals surface area contributed by atoms with Crippen LogP contribution < -0.4 is 21.3 Å². The topological polar surface area (TPSA) is 160 Å². The van der Waals surface area contributed by atoms with Gasteiger partial charge < -0.3 is 30.6 Å². The summed E-state index contributed by atoms with van der Waals surface area (Å²) in [6, 6.07) is 11.2. The molecule has 3 saturated carbocycles. The Bertz CT molecular complexity index is 1770. The molecule has 3 aliphatic carbocycles. The van der Waals surface area contributed by atoms with Gasteiger partial charge in [-0.25, -0.2) is 0 Å². The van der Waals surface area contributed by atoms with Gasteiger partial charge in [-0.2, -0.15) is 13.2 Å². The van der Waals surface area contributed by atoms with Crippen molar-refractivity contribution in [2.75, 3.05) is 6.44 Å². The summed E-state index contributed by atoms with van der Waals surface area (Å²) in [5.74, 6) is -1.62. The fourth-order valence-electron chi connectivity index (χ4n) is 8.32. The molecule has 4 amide bonds. The zero-order valence-electron chi connectivity index (χ0n) is 31.3. The molecular weight excluding hydrogens is 704 g/mol. The van der Waals surface area contributed by atoms with Gasteiger partial charge in [0.2, 0.25) is 23.6 Å². The summed E-state index contributed by atoms with van der Waals surface area (Å²) in [6.45, 7) is 11.7. The third-order valence-corrected chi connectivity index (χ3v) is 11.8. The van der Waals surface area contributed by atoms with Gasteiger partial charge in [0.1, 0.15) is 18.1 Å². The van der Waals surface area contributed by atoms with Crippen LogP contribution >= 0.6 is 0 Å². The van der Waals surface area contributed by atoms with Gasteiger partial charge >= 0.3 is 19.0 Å². The Morgan fingerprint density at radius 1 is 0.870 bits per heavy atom. The molecule has 7 rings (SSSR count). The highest BCUT2D eigenvalue weighted by Gasteiger charge is 2.68. The van der Waals surface area contributed by atoms with Crippen molar-refractivity contribution in [3.8, 4) is 0 Å². The second-order valence-corrected chi connectivity index (χ2v) is 16.2. The predicted molar refractivity (Wildman–Crippen MR) is 192 cm³/mol. The van der Waals surface area contributed by atoms with Crippen LogP contribution in [0.3, 0.4) is 0 Å². The highest BCUT2D eigenvalue weighted by molar-refractivity contribution is 6.46. The molecule has 4 N–H and O–H groups in total. The second kappa shape index (κ2) is 14.7. The van der Waals surface area contributed by atoms with Gasteiger partial charge in [-0.3, -0.25) is 19.2 Å². The Kier molecular flexibility index (Phi) is 10.8. The Labute approximate surface area is 313 Å². The molecule has 2 aliphatic heterocycles. The molecule has 2 bridgehead atoms. The fraction of sp³-hybridized carbons (Fsp3) is 0.579. The van der Waals surface area contributed by atoms with E-state index in [0.717, 1.165) is 18.4 Å². The third-order valence-electron chi connectivity index (χ3n) is 11.8. The van der Waals surface area contributed by atoms with Crippen molar-refractivity contribution in [3.63, 3.8) is 0 Å². The molecule has 4 fully saturated rings. The van der Waals surface area contributed by atoms with Crippen molar-refractivity contribution in [1.29, 1.82) is 0 Å². The maximum atomic E-state index is 13.7. The molecule has 7 atom stereocenters. The normalized spacial score (nSPS) is 26.1. The van der Waals surface area contributed by atoms with Crippen LogP contribution in [0, 0.1) is 23.2 Å². The minimum Gasteiger partial charge on any atom is -0.404 e. The summed E-state index contributed by atoms with van der Waals surface area (Å²) in [5, 5.41) is 17.4. The van der Waals surface area contributed by atoms with E-state index in [4.69, 9.17) is 9.31 Å². The minimum atomic E-state index is -4.67. The molecule has 0 radical (unpaired) electrons. The lowest BCUT2D eigenvalue weighted by Crippen LogP contribution is -2.65. The summed E-state index contributed by atoms with van der Waals surface area (Å²) in [7, 11) is -0.606. The zero-order chi connectivity index (χ0) is 39.2. The SMILES string of the molecule is CC(NC(=O)C(Cc1ccccc1)NC(=O)C(NC(=O)Cc1ccc(C2(C(F)(F)F)N=N2)cc1)C(C)C)C(=O)NCB1OC2CC3CC(C3(C)C)C2(C)O1. The van der Waals surface area contributed by atoms with Crippen LogP contribution in [-0.2, 0) is 47.0 Å². The van der Waals surface area contributed by atoms with Crippen molar-refractivity contribution in [3.05, 3.63) is 71.3 Å². The molecule has 54 heavy (non-hydrogen) atoms. The van der Waals surface area contributed by atoms with Gasteiger partial charge in [0, 0.05) is 12.0 Å². The maximum Gasteiger partial charge on any atom is 0.478 e. The molecule has 2 aromatic carbocycles. The average molecular weight is 753 g/mol. The quantitative estimate of drug-likeness (QED) is 0.212. The largest absolute Gasteiger partial charge is 0.478 e. The molecule has 1 saturated heterocycles. The number of amides is 4. The van der Waals surface area contributed by atoms with E-state index in [9.17, 15) is 32.3 Å². The summed E-state index contributed by atoms with van der Waals surface area (Å²) < 4.78 is 52.7. The monoisotopic (exact) mass is 752 g/mol. The predicted octanol–water partition coefficient (Wildman–Crippen LogP) is 4.17. The van der Waals surface area contributed by atoms with Gasteiger partial charge in [0.25, 0.3) is 0 Å². The number of benzene rings is 2. The van der Waals surface area contributed by atoms with E-state index in [1.165, 1.54) is 24.3 Å². The Balaban J connectivity index is 1.04. The Hall–Kier alpha value is -4.31. The molecule has 7 unspecified atom stereocenters. The summed E-state index contributed by atoms with van der Waals surface area (Å²) in [4.78, 5) is 53.6.